The van der Waals surface area contributed by atoms with Gasteiger partial charge in [0.15, 0.2) is 0 Å². The Morgan fingerprint density at radius 2 is 1.93 bits per heavy atom. The van der Waals surface area contributed by atoms with E-state index in [1.807, 2.05) is 0 Å². The zero-order chi connectivity index (χ0) is 19.0. The number of fused-ring (bicyclic) bond motifs is 1. The molecule has 140 valence electrons. The van der Waals surface area contributed by atoms with Crippen molar-refractivity contribution in [1.82, 2.24) is 9.55 Å². The molecule has 1 aliphatic heterocycles. The lowest BCUT2D eigenvalue weighted by molar-refractivity contribution is 0.0328. The summed E-state index contributed by atoms with van der Waals surface area (Å²) in [5.41, 5.74) is 0.227. The molecule has 8 heteroatoms. The summed E-state index contributed by atoms with van der Waals surface area (Å²) in [6.45, 7) is -0.0376. The fraction of sp³-hybridized carbons (Fsp3) is 0.211. The molecule has 0 N–H and O–H groups in total. The van der Waals surface area contributed by atoms with Crippen LogP contribution in [0.5, 0.6) is 0 Å². The second-order valence-corrected chi connectivity index (χ2v) is 7.85. The molecule has 0 spiro atoms. The average molecular weight is 392 g/mol. The third-order valence-electron chi connectivity index (χ3n) is 4.53. The lowest BCUT2D eigenvalue weighted by Gasteiger charge is -2.21. The minimum absolute atomic E-state index is 0.213. The Hall–Kier alpha value is -2.45. The summed E-state index contributed by atoms with van der Waals surface area (Å²) in [5.74, 6) is -1.93. The van der Waals surface area contributed by atoms with Crippen molar-refractivity contribution in [1.29, 1.82) is 0 Å². The Morgan fingerprint density at radius 3 is 2.63 bits per heavy atom. The van der Waals surface area contributed by atoms with Gasteiger partial charge in [0.1, 0.15) is 23.6 Å². The van der Waals surface area contributed by atoms with Crippen LogP contribution in [-0.4, -0.2) is 19.0 Å². The largest absolute Gasteiger partial charge is 0.367 e. The van der Waals surface area contributed by atoms with E-state index in [2.05, 4.69) is 4.98 Å². The molecule has 4 nitrogen and oxygen atoms in total. The zero-order valence-electron chi connectivity index (χ0n) is 14.0. The Balaban J connectivity index is 1.66. The van der Waals surface area contributed by atoms with Crippen molar-refractivity contribution >= 4 is 10.8 Å². The molecule has 0 amide bonds. The molecule has 0 saturated heterocycles. The highest BCUT2D eigenvalue weighted by Gasteiger charge is 2.40. The first-order valence-corrected chi connectivity index (χ1v) is 9.46. The lowest BCUT2D eigenvalue weighted by Crippen LogP contribution is -2.25. The first-order chi connectivity index (χ1) is 13.0. The molecule has 4 rings (SSSR count). The highest BCUT2D eigenvalue weighted by Crippen LogP contribution is 2.40. The van der Waals surface area contributed by atoms with Gasteiger partial charge in [-0.1, -0.05) is 6.07 Å². The van der Waals surface area contributed by atoms with Crippen LogP contribution in [0.15, 0.2) is 60.0 Å². The van der Waals surface area contributed by atoms with Crippen molar-refractivity contribution in [2.24, 2.45) is 0 Å². The SMILES string of the molecule is O=S1c2ccc(F)cc2C(OCc2c(F)cccc2F)C1Cn1ccnc1. The summed E-state index contributed by atoms with van der Waals surface area (Å²) in [7, 11) is -1.45. The Kier molecular flexibility index (Phi) is 4.84. The molecule has 3 unspecified atom stereocenters. The predicted octanol–water partition coefficient (Wildman–Crippen LogP) is 3.75. The van der Waals surface area contributed by atoms with Crippen LogP contribution in [0.4, 0.5) is 13.2 Å². The van der Waals surface area contributed by atoms with E-state index in [1.54, 1.807) is 23.3 Å². The van der Waals surface area contributed by atoms with E-state index in [0.29, 0.717) is 17.0 Å². The van der Waals surface area contributed by atoms with E-state index in [0.717, 1.165) is 12.1 Å². The number of halogens is 3. The van der Waals surface area contributed by atoms with Crippen LogP contribution in [0.3, 0.4) is 0 Å². The Bertz CT molecular complexity index is 974. The van der Waals surface area contributed by atoms with Crippen LogP contribution >= 0.6 is 0 Å². The fourth-order valence-electron chi connectivity index (χ4n) is 3.21. The van der Waals surface area contributed by atoms with Gasteiger partial charge in [-0.2, -0.15) is 0 Å². The first-order valence-electron chi connectivity index (χ1n) is 8.25. The maximum Gasteiger partial charge on any atom is 0.131 e. The molecule has 1 aliphatic rings. The minimum Gasteiger partial charge on any atom is -0.367 e. The van der Waals surface area contributed by atoms with Crippen LogP contribution in [0.1, 0.15) is 17.2 Å². The molecule has 0 fully saturated rings. The fourth-order valence-corrected chi connectivity index (χ4v) is 4.90. The molecule has 0 radical (unpaired) electrons. The quantitative estimate of drug-likeness (QED) is 0.664. The van der Waals surface area contributed by atoms with E-state index in [9.17, 15) is 17.4 Å². The molecule has 3 atom stereocenters. The van der Waals surface area contributed by atoms with E-state index in [-0.39, 0.29) is 12.2 Å². The van der Waals surface area contributed by atoms with Crippen LogP contribution in [0, 0.1) is 17.5 Å². The summed E-state index contributed by atoms with van der Waals surface area (Å²) in [6, 6.07) is 7.53. The van der Waals surface area contributed by atoms with Gasteiger partial charge in [0, 0.05) is 35.0 Å². The summed E-state index contributed by atoms with van der Waals surface area (Å²) < 4.78 is 62.0. The van der Waals surface area contributed by atoms with E-state index < -0.39 is 39.6 Å². The molecule has 27 heavy (non-hydrogen) atoms. The van der Waals surface area contributed by atoms with Crippen molar-refractivity contribution in [3.63, 3.8) is 0 Å². The van der Waals surface area contributed by atoms with Crippen molar-refractivity contribution in [2.45, 2.75) is 29.4 Å². The molecule has 0 aliphatic carbocycles. The maximum atomic E-state index is 13.9. The Morgan fingerprint density at radius 1 is 1.15 bits per heavy atom. The molecule has 0 bridgehead atoms. The number of rotatable bonds is 5. The van der Waals surface area contributed by atoms with Crippen molar-refractivity contribution < 1.29 is 22.1 Å². The molecule has 2 heterocycles. The smallest absolute Gasteiger partial charge is 0.131 e. The molecular formula is C19H15F3N2O2S. The van der Waals surface area contributed by atoms with Crippen LogP contribution in [-0.2, 0) is 28.7 Å². The minimum atomic E-state index is -1.45. The second kappa shape index (κ2) is 7.28. The first kappa shape index (κ1) is 17.9. The van der Waals surface area contributed by atoms with Gasteiger partial charge in [0.05, 0.1) is 29.0 Å². The monoisotopic (exact) mass is 392 g/mol. The summed E-state index contributed by atoms with van der Waals surface area (Å²) in [5, 5.41) is -0.536. The second-order valence-electron chi connectivity index (χ2n) is 6.21. The molecule has 1 aromatic heterocycles. The molecule has 3 aromatic rings. The van der Waals surface area contributed by atoms with Crippen LogP contribution in [0.2, 0.25) is 0 Å². The summed E-state index contributed by atoms with van der Waals surface area (Å²) in [6.07, 6.45) is 4.12. The number of ether oxygens (including phenoxy) is 1. The van der Waals surface area contributed by atoms with Gasteiger partial charge in [-0.15, -0.1) is 0 Å². The third kappa shape index (κ3) is 3.42. The third-order valence-corrected chi connectivity index (χ3v) is 6.28. The van der Waals surface area contributed by atoms with Gasteiger partial charge in [-0.3, -0.25) is 4.21 Å². The van der Waals surface area contributed by atoms with E-state index in [4.69, 9.17) is 4.74 Å². The number of hydrogen-bond donors (Lipinski definition) is 0. The summed E-state index contributed by atoms with van der Waals surface area (Å²) in [4.78, 5) is 4.43. The Labute approximate surface area is 156 Å². The van der Waals surface area contributed by atoms with Crippen LogP contribution < -0.4 is 0 Å². The summed E-state index contributed by atoms with van der Waals surface area (Å²) >= 11 is 0. The maximum absolute atomic E-state index is 13.9. The number of benzene rings is 2. The topological polar surface area (TPSA) is 44.1 Å². The van der Waals surface area contributed by atoms with Crippen molar-refractivity contribution in [3.05, 3.63) is 83.7 Å². The highest BCUT2D eigenvalue weighted by molar-refractivity contribution is 7.86. The highest BCUT2D eigenvalue weighted by atomic mass is 32.2. The molecular weight excluding hydrogens is 377 g/mol. The number of nitrogens with zero attached hydrogens (tertiary/aromatic N) is 2. The lowest BCUT2D eigenvalue weighted by atomic mass is 10.1. The van der Waals surface area contributed by atoms with Gasteiger partial charge in [-0.25, -0.2) is 18.2 Å². The van der Waals surface area contributed by atoms with Gasteiger partial charge in [0.25, 0.3) is 0 Å². The van der Waals surface area contributed by atoms with Crippen LogP contribution in [0.25, 0.3) is 0 Å². The molecule has 2 aromatic carbocycles. The van der Waals surface area contributed by atoms with Gasteiger partial charge in [-0.05, 0) is 30.3 Å². The van der Waals surface area contributed by atoms with Gasteiger partial charge < -0.3 is 9.30 Å². The normalized spacial score (nSPS) is 21.4. The van der Waals surface area contributed by atoms with E-state index >= 15 is 0 Å². The van der Waals surface area contributed by atoms with Gasteiger partial charge in [0.2, 0.25) is 0 Å². The molecule has 0 saturated carbocycles. The number of imidazole rings is 1. The zero-order valence-corrected chi connectivity index (χ0v) is 14.8. The van der Waals surface area contributed by atoms with E-state index in [1.165, 1.54) is 24.3 Å². The van der Waals surface area contributed by atoms with Gasteiger partial charge >= 0.3 is 0 Å². The standard InChI is InChI=1S/C19H15F3N2O2S/c20-12-4-5-17-13(8-12)19(18(27(17)25)9-24-7-6-23-11-24)26-10-14-15(21)2-1-3-16(14)22/h1-8,11,18-19H,9-10H2. The average Bonchev–Trinajstić information content (AvgIpc) is 3.23. The number of hydrogen-bond acceptors (Lipinski definition) is 3. The number of aromatic nitrogens is 2. The van der Waals surface area contributed by atoms with Crippen molar-refractivity contribution in [3.8, 4) is 0 Å². The van der Waals surface area contributed by atoms with Crippen molar-refractivity contribution in [2.75, 3.05) is 0 Å². The predicted molar refractivity (Wildman–Crippen MR) is 92.7 cm³/mol.